The van der Waals surface area contributed by atoms with Crippen molar-refractivity contribution in [3.8, 4) is 0 Å². The van der Waals surface area contributed by atoms with Crippen LogP contribution >= 0.6 is 0 Å². The minimum atomic E-state index is -0.156. The molecule has 0 aromatic rings. The van der Waals surface area contributed by atoms with Crippen LogP contribution < -0.4 is 0 Å². The molecule has 66 valence electrons. The van der Waals surface area contributed by atoms with Crippen LogP contribution in [-0.4, -0.2) is 41.0 Å². The predicted molar refractivity (Wildman–Crippen MR) is 42.6 cm³/mol. The molecule has 12 heavy (non-hydrogen) atoms. The van der Waals surface area contributed by atoms with Gasteiger partial charge in [-0.15, -0.1) is 0 Å². The highest BCUT2D eigenvalue weighted by molar-refractivity contribution is 6.02. The van der Waals surface area contributed by atoms with Gasteiger partial charge in [-0.1, -0.05) is 0 Å². The number of piperidine rings is 2. The van der Waals surface area contributed by atoms with Crippen molar-refractivity contribution in [2.75, 3.05) is 7.05 Å². The van der Waals surface area contributed by atoms with Gasteiger partial charge in [0.1, 0.15) is 5.78 Å². The zero-order valence-electron chi connectivity index (χ0n) is 7.10. The number of ketones is 1. The highest BCUT2D eigenvalue weighted by atomic mass is 16.3. The van der Waals surface area contributed by atoms with Gasteiger partial charge in [-0.05, 0) is 19.9 Å². The van der Waals surface area contributed by atoms with Crippen molar-refractivity contribution in [3.63, 3.8) is 0 Å². The molecule has 1 N–H and O–H groups in total. The van der Waals surface area contributed by atoms with Gasteiger partial charge in [0.25, 0.3) is 0 Å². The van der Waals surface area contributed by atoms with Crippen LogP contribution in [0.2, 0.25) is 0 Å². The number of nitrogens with zero attached hydrogens (tertiary/aromatic N) is 1. The third-order valence-corrected chi connectivity index (χ3v) is 3.84. The first-order valence-electron chi connectivity index (χ1n) is 4.64. The fourth-order valence-corrected chi connectivity index (χ4v) is 3.17. The molecule has 2 heterocycles. The lowest BCUT2D eigenvalue weighted by atomic mass is 9.96. The summed E-state index contributed by atoms with van der Waals surface area (Å²) in [7, 11) is 2.08. The van der Waals surface area contributed by atoms with Crippen LogP contribution in [0.5, 0.6) is 0 Å². The average Bonchev–Trinajstić information content (AvgIpc) is 2.62. The van der Waals surface area contributed by atoms with E-state index in [2.05, 4.69) is 11.9 Å². The molecule has 0 aromatic carbocycles. The summed E-state index contributed by atoms with van der Waals surface area (Å²) in [5.74, 6) is 1.03. The molecule has 2 aliphatic heterocycles. The van der Waals surface area contributed by atoms with Gasteiger partial charge >= 0.3 is 0 Å². The number of fused-ring (bicyclic) bond motifs is 5. The molecule has 4 atom stereocenters. The molecule has 3 rings (SSSR count). The van der Waals surface area contributed by atoms with Crippen LogP contribution in [-0.2, 0) is 4.79 Å². The highest BCUT2D eigenvalue weighted by Crippen LogP contribution is 2.54. The normalized spacial score (nSPS) is 57.2. The quantitative estimate of drug-likeness (QED) is 0.535. The van der Waals surface area contributed by atoms with Crippen molar-refractivity contribution in [1.82, 2.24) is 4.90 Å². The van der Waals surface area contributed by atoms with Crippen molar-refractivity contribution < 1.29 is 9.90 Å². The lowest BCUT2D eigenvalue weighted by molar-refractivity contribution is -0.116. The van der Waals surface area contributed by atoms with E-state index in [9.17, 15) is 9.90 Å². The summed E-state index contributed by atoms with van der Waals surface area (Å²) >= 11 is 0. The Morgan fingerprint density at radius 1 is 1.33 bits per heavy atom. The maximum absolute atomic E-state index is 11.3. The first kappa shape index (κ1) is 7.04. The number of hydrogen-bond donors (Lipinski definition) is 1. The zero-order valence-corrected chi connectivity index (χ0v) is 7.10. The molecule has 2 bridgehead atoms. The second-order valence-corrected chi connectivity index (χ2v) is 4.38. The summed E-state index contributed by atoms with van der Waals surface area (Å²) in [6, 6.07) is 0.715. The van der Waals surface area contributed by atoms with Crippen molar-refractivity contribution in [3.05, 3.63) is 0 Å². The van der Waals surface area contributed by atoms with Crippen molar-refractivity contribution in [1.29, 1.82) is 0 Å². The molecule has 0 amide bonds. The Hall–Kier alpha value is -0.410. The number of Topliss-reactive ketones (excluding diaryl/α,β-unsaturated/α-hetero) is 1. The lowest BCUT2D eigenvalue weighted by Gasteiger charge is -2.36. The molecule has 3 fully saturated rings. The van der Waals surface area contributed by atoms with Gasteiger partial charge in [0, 0.05) is 23.9 Å². The van der Waals surface area contributed by atoms with Gasteiger partial charge < -0.3 is 5.11 Å². The number of aliphatic hydroxyl groups is 1. The van der Waals surface area contributed by atoms with Crippen LogP contribution in [0.4, 0.5) is 0 Å². The molecule has 0 spiro atoms. The van der Waals surface area contributed by atoms with E-state index in [1.165, 1.54) is 0 Å². The molecule has 0 aromatic heterocycles. The summed E-state index contributed by atoms with van der Waals surface area (Å²) in [6.45, 7) is 0. The van der Waals surface area contributed by atoms with Crippen molar-refractivity contribution >= 4 is 5.78 Å². The molecule has 3 nitrogen and oxygen atoms in total. The Balaban J connectivity index is 1.93. The number of aliphatic hydroxyl groups excluding tert-OH is 1. The largest absolute Gasteiger partial charge is 0.393 e. The van der Waals surface area contributed by atoms with Crippen molar-refractivity contribution in [2.45, 2.75) is 31.0 Å². The Morgan fingerprint density at radius 2 is 1.83 bits per heavy atom. The Morgan fingerprint density at radius 3 is 2.33 bits per heavy atom. The Bertz CT molecular complexity index is 231. The van der Waals surface area contributed by atoms with Crippen LogP contribution in [0, 0.1) is 11.8 Å². The van der Waals surface area contributed by atoms with Gasteiger partial charge in [0.15, 0.2) is 0 Å². The van der Waals surface area contributed by atoms with E-state index >= 15 is 0 Å². The first-order chi connectivity index (χ1) is 5.70. The fraction of sp³-hybridized carbons (Fsp3) is 0.889. The van der Waals surface area contributed by atoms with E-state index in [0.29, 0.717) is 17.9 Å². The highest BCUT2D eigenvalue weighted by Gasteiger charge is 2.67. The third-order valence-electron chi connectivity index (χ3n) is 3.84. The summed E-state index contributed by atoms with van der Waals surface area (Å²) < 4.78 is 0. The van der Waals surface area contributed by atoms with Gasteiger partial charge in [-0.3, -0.25) is 9.69 Å². The molecule has 1 saturated carbocycles. The van der Waals surface area contributed by atoms with E-state index in [4.69, 9.17) is 0 Å². The summed E-state index contributed by atoms with van der Waals surface area (Å²) in [4.78, 5) is 13.6. The van der Waals surface area contributed by atoms with Gasteiger partial charge in [-0.2, -0.15) is 0 Å². The van der Waals surface area contributed by atoms with E-state index in [0.717, 1.165) is 12.8 Å². The maximum Gasteiger partial charge on any atom is 0.143 e. The van der Waals surface area contributed by atoms with Gasteiger partial charge in [0.05, 0.1) is 6.10 Å². The summed E-state index contributed by atoms with van der Waals surface area (Å²) in [5, 5.41) is 9.49. The fourth-order valence-electron chi connectivity index (χ4n) is 3.17. The SMILES string of the molecule is CN1C2CC(O)CC1C1C(=O)C12. The van der Waals surface area contributed by atoms with E-state index < -0.39 is 0 Å². The molecule has 3 aliphatic rings. The summed E-state index contributed by atoms with van der Waals surface area (Å²) in [6.07, 6.45) is 1.46. The topological polar surface area (TPSA) is 40.5 Å². The molecule has 1 aliphatic carbocycles. The zero-order chi connectivity index (χ0) is 8.46. The third kappa shape index (κ3) is 0.627. The first-order valence-corrected chi connectivity index (χ1v) is 4.64. The molecule has 2 saturated heterocycles. The number of rotatable bonds is 0. The molecule has 4 unspecified atom stereocenters. The second-order valence-electron chi connectivity index (χ2n) is 4.38. The average molecular weight is 167 g/mol. The molecule has 0 radical (unpaired) electrons. The predicted octanol–water partition coefficient (Wildman–Crippen LogP) is -0.361. The maximum atomic E-state index is 11.3. The molecular formula is C9H13NO2. The van der Waals surface area contributed by atoms with E-state index in [-0.39, 0.29) is 17.9 Å². The number of carbonyl (C=O) groups is 1. The molecule has 3 heteroatoms. The van der Waals surface area contributed by atoms with Gasteiger partial charge in [-0.25, -0.2) is 0 Å². The number of carbonyl (C=O) groups excluding carboxylic acids is 1. The second kappa shape index (κ2) is 1.91. The van der Waals surface area contributed by atoms with Gasteiger partial charge in [0.2, 0.25) is 0 Å². The van der Waals surface area contributed by atoms with E-state index in [1.54, 1.807) is 0 Å². The standard InChI is InChI=1S/C9H13NO2/c1-10-5-2-4(11)3-6(10)8-7(5)9(8)12/h4-8,11H,2-3H2,1H3. The smallest absolute Gasteiger partial charge is 0.143 e. The van der Waals surface area contributed by atoms with Crippen molar-refractivity contribution in [2.24, 2.45) is 11.8 Å². The van der Waals surface area contributed by atoms with Crippen LogP contribution in [0.3, 0.4) is 0 Å². The number of hydrogen-bond acceptors (Lipinski definition) is 3. The lowest BCUT2D eigenvalue weighted by Crippen LogP contribution is -2.46. The monoisotopic (exact) mass is 167 g/mol. The summed E-state index contributed by atoms with van der Waals surface area (Å²) in [5.41, 5.74) is 0. The minimum Gasteiger partial charge on any atom is -0.393 e. The van der Waals surface area contributed by atoms with Crippen LogP contribution in [0.15, 0.2) is 0 Å². The minimum absolute atomic E-state index is 0.156. The Kier molecular flexibility index (Phi) is 1.12. The Labute approximate surface area is 71.4 Å². The van der Waals surface area contributed by atoms with Crippen LogP contribution in [0.25, 0.3) is 0 Å². The molecular weight excluding hydrogens is 154 g/mol. The van der Waals surface area contributed by atoms with E-state index in [1.807, 2.05) is 0 Å². The van der Waals surface area contributed by atoms with Crippen LogP contribution in [0.1, 0.15) is 12.8 Å².